The van der Waals surface area contributed by atoms with E-state index in [4.69, 9.17) is 4.74 Å². The molecule has 0 aromatic rings. The van der Waals surface area contributed by atoms with Crippen LogP contribution in [0.5, 0.6) is 0 Å². The molecular formula is C12H21NO3. The summed E-state index contributed by atoms with van der Waals surface area (Å²) >= 11 is 0. The van der Waals surface area contributed by atoms with Crippen LogP contribution < -0.4 is 0 Å². The summed E-state index contributed by atoms with van der Waals surface area (Å²) in [5.74, 6) is 0.354. The maximum Gasteiger partial charge on any atom is 0.321 e. The molecule has 1 aliphatic heterocycles. The number of aliphatic carboxylic acids is 1. The van der Waals surface area contributed by atoms with Crippen LogP contribution in [0.15, 0.2) is 0 Å². The highest BCUT2D eigenvalue weighted by atomic mass is 16.5. The van der Waals surface area contributed by atoms with Crippen LogP contribution in [0.3, 0.4) is 0 Å². The molecule has 0 bridgehead atoms. The van der Waals surface area contributed by atoms with E-state index < -0.39 is 5.97 Å². The number of rotatable bonds is 5. The zero-order valence-corrected chi connectivity index (χ0v) is 9.89. The normalized spacial score (nSPS) is 34.2. The van der Waals surface area contributed by atoms with Crippen molar-refractivity contribution in [1.82, 2.24) is 4.90 Å². The maximum atomic E-state index is 11.3. The zero-order valence-electron chi connectivity index (χ0n) is 9.89. The van der Waals surface area contributed by atoms with Gasteiger partial charge in [0.1, 0.15) is 6.04 Å². The number of carboxylic acid groups (broad SMARTS) is 1. The zero-order chi connectivity index (χ0) is 11.5. The number of hydrogen-bond donors (Lipinski definition) is 1. The second-order valence-corrected chi connectivity index (χ2v) is 4.83. The summed E-state index contributed by atoms with van der Waals surface area (Å²) in [6, 6.07) is -0.257. The molecule has 1 saturated heterocycles. The van der Waals surface area contributed by atoms with E-state index in [1.807, 2.05) is 6.92 Å². The maximum absolute atomic E-state index is 11.3. The standard InChI is InChI=1S/C12H21NO3/c1-2-16-7-6-13-8-9-4-3-5-10(9)11(13)12(14)15/h9-11H,2-8H2,1H3,(H,14,15). The first-order valence-electron chi connectivity index (χ1n) is 6.28. The Morgan fingerprint density at radius 2 is 2.31 bits per heavy atom. The summed E-state index contributed by atoms with van der Waals surface area (Å²) in [6.45, 7) is 5.04. The fourth-order valence-corrected chi connectivity index (χ4v) is 3.29. The first-order chi connectivity index (χ1) is 7.74. The average Bonchev–Trinajstić information content (AvgIpc) is 2.76. The smallest absolute Gasteiger partial charge is 0.321 e. The van der Waals surface area contributed by atoms with Gasteiger partial charge in [-0.3, -0.25) is 9.69 Å². The molecule has 1 aliphatic carbocycles. The molecule has 2 aliphatic rings. The Hall–Kier alpha value is -0.610. The Labute approximate surface area is 96.6 Å². The summed E-state index contributed by atoms with van der Waals surface area (Å²) in [6.07, 6.45) is 3.50. The van der Waals surface area contributed by atoms with Gasteiger partial charge in [-0.25, -0.2) is 0 Å². The lowest BCUT2D eigenvalue weighted by atomic mass is 9.94. The van der Waals surface area contributed by atoms with E-state index in [0.29, 0.717) is 25.0 Å². The number of hydrogen-bond acceptors (Lipinski definition) is 3. The molecule has 92 valence electrons. The Kier molecular flexibility index (Phi) is 3.82. The summed E-state index contributed by atoms with van der Waals surface area (Å²) in [7, 11) is 0. The number of carboxylic acids is 1. The number of nitrogens with zero attached hydrogens (tertiary/aromatic N) is 1. The number of fused-ring (bicyclic) bond motifs is 1. The van der Waals surface area contributed by atoms with Gasteiger partial charge >= 0.3 is 5.97 Å². The van der Waals surface area contributed by atoms with Crippen molar-refractivity contribution in [2.45, 2.75) is 32.2 Å². The van der Waals surface area contributed by atoms with Crippen molar-refractivity contribution < 1.29 is 14.6 Å². The van der Waals surface area contributed by atoms with Gasteiger partial charge in [0.15, 0.2) is 0 Å². The predicted molar refractivity (Wildman–Crippen MR) is 60.3 cm³/mol. The predicted octanol–water partition coefficient (Wildman–Crippen LogP) is 1.21. The van der Waals surface area contributed by atoms with Crippen molar-refractivity contribution in [3.63, 3.8) is 0 Å². The molecule has 0 aromatic carbocycles. The molecule has 1 N–H and O–H groups in total. The molecule has 1 saturated carbocycles. The first kappa shape index (κ1) is 11.9. The van der Waals surface area contributed by atoms with Gasteiger partial charge in [-0.1, -0.05) is 6.42 Å². The second-order valence-electron chi connectivity index (χ2n) is 4.83. The first-order valence-corrected chi connectivity index (χ1v) is 6.28. The summed E-state index contributed by atoms with van der Waals surface area (Å²) in [5, 5.41) is 9.30. The molecule has 4 nitrogen and oxygen atoms in total. The van der Waals surface area contributed by atoms with Gasteiger partial charge in [0, 0.05) is 19.7 Å². The van der Waals surface area contributed by atoms with E-state index in [1.165, 1.54) is 12.8 Å². The van der Waals surface area contributed by atoms with Crippen LogP contribution in [0.4, 0.5) is 0 Å². The molecule has 0 radical (unpaired) electrons. The van der Waals surface area contributed by atoms with Crippen LogP contribution >= 0.6 is 0 Å². The highest BCUT2D eigenvalue weighted by molar-refractivity contribution is 5.74. The van der Waals surface area contributed by atoms with Gasteiger partial charge in [0.2, 0.25) is 0 Å². The largest absolute Gasteiger partial charge is 0.480 e. The minimum absolute atomic E-state index is 0.257. The van der Waals surface area contributed by atoms with E-state index in [2.05, 4.69) is 4.90 Å². The van der Waals surface area contributed by atoms with Crippen LogP contribution in [0.1, 0.15) is 26.2 Å². The highest BCUT2D eigenvalue weighted by Gasteiger charge is 2.47. The molecule has 2 rings (SSSR count). The van der Waals surface area contributed by atoms with Crippen molar-refractivity contribution in [1.29, 1.82) is 0 Å². The number of likely N-dealkylation sites (tertiary alicyclic amines) is 1. The van der Waals surface area contributed by atoms with Gasteiger partial charge in [-0.15, -0.1) is 0 Å². The topological polar surface area (TPSA) is 49.8 Å². The molecule has 2 fully saturated rings. The molecular weight excluding hydrogens is 206 g/mol. The lowest BCUT2D eigenvalue weighted by Gasteiger charge is -2.23. The molecule has 1 heterocycles. The van der Waals surface area contributed by atoms with Crippen molar-refractivity contribution in [3.8, 4) is 0 Å². The molecule has 3 atom stereocenters. The minimum atomic E-state index is -0.647. The fourth-order valence-electron chi connectivity index (χ4n) is 3.29. The van der Waals surface area contributed by atoms with Gasteiger partial charge < -0.3 is 9.84 Å². The third-order valence-corrected chi connectivity index (χ3v) is 3.97. The van der Waals surface area contributed by atoms with Gasteiger partial charge in [-0.2, -0.15) is 0 Å². The fraction of sp³-hybridized carbons (Fsp3) is 0.917. The van der Waals surface area contributed by atoms with Crippen LogP contribution in [0, 0.1) is 11.8 Å². The lowest BCUT2D eigenvalue weighted by molar-refractivity contribution is -0.143. The Bertz CT molecular complexity index is 257. The average molecular weight is 227 g/mol. The van der Waals surface area contributed by atoms with Crippen LogP contribution in [0.25, 0.3) is 0 Å². The van der Waals surface area contributed by atoms with Gasteiger partial charge in [0.05, 0.1) is 6.61 Å². The summed E-state index contributed by atoms with van der Waals surface area (Å²) in [4.78, 5) is 13.4. The van der Waals surface area contributed by atoms with E-state index >= 15 is 0 Å². The van der Waals surface area contributed by atoms with E-state index in [9.17, 15) is 9.90 Å². The van der Waals surface area contributed by atoms with Gasteiger partial charge in [0.25, 0.3) is 0 Å². The SMILES string of the molecule is CCOCCN1CC2CCCC2C1C(=O)O. The third kappa shape index (κ3) is 2.23. The Balaban J connectivity index is 1.94. The molecule has 4 heteroatoms. The summed E-state index contributed by atoms with van der Waals surface area (Å²) in [5.41, 5.74) is 0. The van der Waals surface area contributed by atoms with E-state index in [-0.39, 0.29) is 6.04 Å². The summed E-state index contributed by atoms with van der Waals surface area (Å²) < 4.78 is 5.31. The van der Waals surface area contributed by atoms with Crippen molar-refractivity contribution >= 4 is 5.97 Å². The molecule has 0 aromatic heterocycles. The third-order valence-electron chi connectivity index (χ3n) is 3.97. The minimum Gasteiger partial charge on any atom is -0.480 e. The lowest BCUT2D eigenvalue weighted by Crippen LogP contribution is -2.41. The quantitative estimate of drug-likeness (QED) is 0.717. The Morgan fingerprint density at radius 1 is 1.50 bits per heavy atom. The van der Waals surface area contributed by atoms with E-state index in [1.54, 1.807) is 0 Å². The van der Waals surface area contributed by atoms with Crippen molar-refractivity contribution in [2.75, 3.05) is 26.3 Å². The molecule has 0 amide bonds. The highest BCUT2D eigenvalue weighted by Crippen LogP contribution is 2.41. The Morgan fingerprint density at radius 3 is 3.00 bits per heavy atom. The molecule has 3 unspecified atom stereocenters. The van der Waals surface area contributed by atoms with Crippen molar-refractivity contribution in [2.24, 2.45) is 11.8 Å². The number of carbonyl (C=O) groups is 1. The van der Waals surface area contributed by atoms with Crippen LogP contribution in [-0.2, 0) is 9.53 Å². The molecule has 16 heavy (non-hydrogen) atoms. The monoisotopic (exact) mass is 227 g/mol. The van der Waals surface area contributed by atoms with Gasteiger partial charge in [-0.05, 0) is 31.6 Å². The second kappa shape index (κ2) is 5.15. The molecule has 0 spiro atoms. The van der Waals surface area contributed by atoms with E-state index in [0.717, 1.165) is 19.5 Å². The van der Waals surface area contributed by atoms with Crippen molar-refractivity contribution in [3.05, 3.63) is 0 Å². The van der Waals surface area contributed by atoms with Crippen LogP contribution in [-0.4, -0.2) is 48.3 Å². The van der Waals surface area contributed by atoms with Crippen LogP contribution in [0.2, 0.25) is 0 Å². The number of ether oxygens (including phenoxy) is 1.